The second-order valence-corrected chi connectivity index (χ2v) is 7.75. The van der Waals surface area contributed by atoms with Crippen LogP contribution in [-0.2, 0) is 16.3 Å². The average molecular weight is 348 g/mol. The molecule has 130 valence electrons. The van der Waals surface area contributed by atoms with Crippen molar-refractivity contribution in [3.05, 3.63) is 35.4 Å². The Morgan fingerprint density at radius 2 is 2.00 bits per heavy atom. The summed E-state index contributed by atoms with van der Waals surface area (Å²) in [4.78, 5) is 13.2. The molecule has 1 N–H and O–H groups in total. The summed E-state index contributed by atoms with van der Waals surface area (Å²) in [6.07, 6.45) is 0.144. The highest BCUT2D eigenvalue weighted by Gasteiger charge is 2.21. The number of sulfone groups is 1. The van der Waals surface area contributed by atoms with Crippen molar-refractivity contribution in [3.63, 3.8) is 0 Å². The van der Waals surface area contributed by atoms with Crippen LogP contribution in [0.15, 0.2) is 18.2 Å². The third kappa shape index (κ3) is 5.78. The molecule has 23 heavy (non-hydrogen) atoms. The van der Waals surface area contributed by atoms with Gasteiger partial charge in [0.25, 0.3) is 0 Å². The van der Waals surface area contributed by atoms with Crippen molar-refractivity contribution < 1.29 is 22.0 Å². The van der Waals surface area contributed by atoms with Crippen LogP contribution in [-0.4, -0.2) is 50.5 Å². The molecule has 2 amide bonds. The van der Waals surface area contributed by atoms with Gasteiger partial charge in [0.15, 0.2) is 21.5 Å². The molecule has 1 aromatic carbocycles. The zero-order chi connectivity index (χ0) is 17.6. The number of benzene rings is 1. The topological polar surface area (TPSA) is 66.5 Å². The molecule has 0 aromatic heterocycles. The van der Waals surface area contributed by atoms with E-state index < -0.39 is 33.5 Å². The highest BCUT2D eigenvalue weighted by Crippen LogP contribution is 2.11. The Morgan fingerprint density at radius 1 is 1.35 bits per heavy atom. The number of nitrogens with zero attached hydrogens (tertiary/aromatic N) is 1. The molecule has 0 aliphatic heterocycles. The van der Waals surface area contributed by atoms with Crippen molar-refractivity contribution >= 4 is 15.9 Å². The number of halogens is 2. The molecular formula is C15H22F2N2O3S. The Balaban J connectivity index is 2.51. The lowest BCUT2D eigenvalue weighted by atomic mass is 10.1. The molecule has 0 bridgehead atoms. The van der Waals surface area contributed by atoms with Crippen molar-refractivity contribution in [3.8, 4) is 0 Å². The highest BCUT2D eigenvalue weighted by molar-refractivity contribution is 7.91. The van der Waals surface area contributed by atoms with Gasteiger partial charge in [0.1, 0.15) is 0 Å². The summed E-state index contributed by atoms with van der Waals surface area (Å²) >= 11 is 0. The first-order valence-electron chi connectivity index (χ1n) is 7.32. The molecule has 1 atom stereocenters. The lowest BCUT2D eigenvalue weighted by molar-refractivity contribution is 0.198. The van der Waals surface area contributed by atoms with Crippen molar-refractivity contribution in [1.29, 1.82) is 0 Å². The fourth-order valence-electron chi connectivity index (χ4n) is 1.97. The standard InChI is InChI=1S/C15H22F2N2O3S/c1-4-23(21,22)10-11(2)19(3)15(20)18-9-8-12-6-5-7-13(16)14(12)17/h5-7,11H,4,8-10H2,1-3H3,(H,18,20). The van der Waals surface area contributed by atoms with Crippen LogP contribution in [0.3, 0.4) is 0 Å². The van der Waals surface area contributed by atoms with E-state index in [0.29, 0.717) is 0 Å². The van der Waals surface area contributed by atoms with Gasteiger partial charge in [0.05, 0.1) is 5.75 Å². The van der Waals surface area contributed by atoms with E-state index in [1.807, 2.05) is 0 Å². The van der Waals surface area contributed by atoms with Crippen molar-refractivity contribution in [2.24, 2.45) is 0 Å². The second kappa shape index (κ2) is 8.24. The summed E-state index contributed by atoms with van der Waals surface area (Å²) in [6, 6.07) is 2.94. The van der Waals surface area contributed by atoms with Crippen molar-refractivity contribution in [2.45, 2.75) is 26.3 Å². The Kier molecular flexibility index (Phi) is 6.93. The summed E-state index contributed by atoms with van der Waals surface area (Å²) < 4.78 is 49.7. The van der Waals surface area contributed by atoms with Gasteiger partial charge in [-0.3, -0.25) is 0 Å². The molecule has 1 aromatic rings. The number of urea groups is 1. The maximum Gasteiger partial charge on any atom is 0.317 e. The number of carbonyl (C=O) groups excluding carboxylic acids is 1. The summed E-state index contributed by atoms with van der Waals surface area (Å²) in [5.41, 5.74) is 0.176. The molecule has 0 aliphatic rings. The van der Waals surface area contributed by atoms with Crippen LogP contribution < -0.4 is 5.32 Å². The molecule has 1 unspecified atom stereocenters. The van der Waals surface area contributed by atoms with Crippen LogP contribution in [0, 0.1) is 11.6 Å². The lowest BCUT2D eigenvalue weighted by Crippen LogP contribution is -2.45. The van der Waals surface area contributed by atoms with Crippen LogP contribution in [0.1, 0.15) is 19.4 Å². The van der Waals surface area contributed by atoms with Crippen LogP contribution in [0.25, 0.3) is 0 Å². The zero-order valence-electron chi connectivity index (χ0n) is 13.5. The number of hydrogen-bond donors (Lipinski definition) is 1. The van der Waals surface area contributed by atoms with E-state index in [1.165, 1.54) is 24.1 Å². The van der Waals surface area contributed by atoms with Crippen molar-refractivity contribution in [1.82, 2.24) is 10.2 Å². The molecule has 0 spiro atoms. The van der Waals surface area contributed by atoms with Crippen LogP contribution in [0.5, 0.6) is 0 Å². The second-order valence-electron chi connectivity index (χ2n) is 5.35. The third-order valence-electron chi connectivity index (χ3n) is 3.62. The van der Waals surface area contributed by atoms with E-state index in [0.717, 1.165) is 6.07 Å². The highest BCUT2D eigenvalue weighted by atomic mass is 32.2. The molecule has 0 heterocycles. The zero-order valence-corrected chi connectivity index (χ0v) is 14.3. The van der Waals surface area contributed by atoms with E-state index >= 15 is 0 Å². The predicted molar refractivity (Wildman–Crippen MR) is 85.0 cm³/mol. The maximum absolute atomic E-state index is 13.5. The Bertz CT molecular complexity index is 650. The number of hydrogen-bond acceptors (Lipinski definition) is 3. The third-order valence-corrected chi connectivity index (χ3v) is 5.49. The van der Waals surface area contributed by atoms with Gasteiger partial charge in [-0.05, 0) is 25.0 Å². The van der Waals surface area contributed by atoms with E-state index in [4.69, 9.17) is 0 Å². The summed E-state index contributed by atoms with van der Waals surface area (Å²) in [7, 11) is -1.69. The van der Waals surface area contributed by atoms with Gasteiger partial charge < -0.3 is 10.2 Å². The normalized spacial score (nSPS) is 12.7. The Morgan fingerprint density at radius 3 is 2.61 bits per heavy atom. The molecule has 0 radical (unpaired) electrons. The van der Waals surface area contributed by atoms with Crippen LogP contribution >= 0.6 is 0 Å². The number of nitrogens with one attached hydrogen (secondary N) is 1. The quantitative estimate of drug-likeness (QED) is 0.819. The monoisotopic (exact) mass is 348 g/mol. The average Bonchev–Trinajstić information content (AvgIpc) is 2.50. The van der Waals surface area contributed by atoms with Gasteiger partial charge in [-0.25, -0.2) is 22.0 Å². The number of rotatable bonds is 7. The molecule has 0 saturated carbocycles. The van der Waals surface area contributed by atoms with Crippen molar-refractivity contribution in [2.75, 3.05) is 25.1 Å². The Hall–Kier alpha value is -1.70. The fourth-order valence-corrected chi connectivity index (χ4v) is 3.16. The van der Waals surface area contributed by atoms with Crippen LogP contribution in [0.2, 0.25) is 0 Å². The van der Waals surface area contributed by atoms with E-state index in [2.05, 4.69) is 5.32 Å². The molecule has 0 aliphatic carbocycles. The van der Waals surface area contributed by atoms with E-state index in [-0.39, 0.29) is 30.0 Å². The van der Waals surface area contributed by atoms with E-state index in [9.17, 15) is 22.0 Å². The summed E-state index contributed by atoms with van der Waals surface area (Å²) in [5, 5.41) is 2.57. The Labute approximate surface area is 135 Å². The molecule has 1 rings (SSSR count). The predicted octanol–water partition coefficient (Wildman–Crippen LogP) is 1.97. The van der Waals surface area contributed by atoms with Crippen LogP contribution in [0.4, 0.5) is 13.6 Å². The minimum absolute atomic E-state index is 0.0195. The number of amides is 2. The first-order valence-corrected chi connectivity index (χ1v) is 9.14. The number of carbonyl (C=O) groups is 1. The maximum atomic E-state index is 13.5. The van der Waals surface area contributed by atoms with Gasteiger partial charge in [-0.2, -0.15) is 0 Å². The smallest absolute Gasteiger partial charge is 0.317 e. The molecule has 0 saturated heterocycles. The fraction of sp³-hybridized carbons (Fsp3) is 0.533. The minimum atomic E-state index is -3.18. The molecular weight excluding hydrogens is 326 g/mol. The molecule has 5 nitrogen and oxygen atoms in total. The summed E-state index contributed by atoms with van der Waals surface area (Å²) in [5.74, 6) is -1.95. The largest absolute Gasteiger partial charge is 0.338 e. The summed E-state index contributed by atoms with van der Waals surface area (Å²) in [6.45, 7) is 3.31. The van der Waals surface area contributed by atoms with Gasteiger partial charge >= 0.3 is 6.03 Å². The first-order chi connectivity index (χ1) is 10.7. The van der Waals surface area contributed by atoms with Gasteiger partial charge in [-0.1, -0.05) is 19.1 Å². The lowest BCUT2D eigenvalue weighted by Gasteiger charge is -2.25. The van der Waals surface area contributed by atoms with Gasteiger partial charge in [0.2, 0.25) is 0 Å². The van der Waals surface area contributed by atoms with Gasteiger partial charge in [-0.15, -0.1) is 0 Å². The molecule has 0 fully saturated rings. The molecule has 8 heteroatoms. The SMILES string of the molecule is CCS(=O)(=O)CC(C)N(C)C(=O)NCCc1cccc(F)c1F. The van der Waals surface area contributed by atoms with Gasteiger partial charge in [0, 0.05) is 25.4 Å². The van der Waals surface area contributed by atoms with E-state index in [1.54, 1.807) is 13.8 Å². The first kappa shape index (κ1) is 19.3. The minimum Gasteiger partial charge on any atom is -0.338 e.